The van der Waals surface area contributed by atoms with Gasteiger partial charge in [0.25, 0.3) is 0 Å². The molecular weight excluding hydrogens is 358 g/mol. The van der Waals surface area contributed by atoms with Crippen LogP contribution in [0.3, 0.4) is 0 Å². The summed E-state index contributed by atoms with van der Waals surface area (Å²) in [7, 11) is 8.57. The molecule has 0 saturated heterocycles. The maximum absolute atomic E-state index is 12.7. The molecule has 0 aliphatic rings. The SMILES string of the molecule is COc1cc(C(=O)OCC(c2ccccc2)C(C)N(C)C)cc(OC)c1OC. The highest BCUT2D eigenvalue weighted by Crippen LogP contribution is 2.38. The summed E-state index contributed by atoms with van der Waals surface area (Å²) in [6.45, 7) is 2.38. The zero-order chi connectivity index (χ0) is 20.7. The van der Waals surface area contributed by atoms with E-state index in [1.54, 1.807) is 12.1 Å². The number of esters is 1. The van der Waals surface area contributed by atoms with Gasteiger partial charge >= 0.3 is 5.97 Å². The summed E-state index contributed by atoms with van der Waals surface area (Å²) < 4.78 is 21.6. The third kappa shape index (κ3) is 4.95. The second-order valence-electron chi connectivity index (χ2n) is 6.73. The molecule has 0 heterocycles. The van der Waals surface area contributed by atoms with Gasteiger partial charge in [0, 0.05) is 12.0 Å². The number of hydrogen-bond acceptors (Lipinski definition) is 6. The summed E-state index contributed by atoms with van der Waals surface area (Å²) in [5.74, 6) is 0.864. The first-order chi connectivity index (χ1) is 13.4. The van der Waals surface area contributed by atoms with Crippen LogP contribution in [0.1, 0.15) is 28.8 Å². The minimum Gasteiger partial charge on any atom is -0.493 e. The van der Waals surface area contributed by atoms with Crippen LogP contribution in [-0.2, 0) is 4.74 Å². The molecule has 152 valence electrons. The Bertz CT molecular complexity index is 751. The van der Waals surface area contributed by atoms with Crippen molar-refractivity contribution in [2.75, 3.05) is 42.0 Å². The molecule has 0 saturated carbocycles. The van der Waals surface area contributed by atoms with E-state index in [9.17, 15) is 4.79 Å². The molecule has 0 spiro atoms. The largest absolute Gasteiger partial charge is 0.493 e. The smallest absolute Gasteiger partial charge is 0.338 e. The molecule has 0 aliphatic heterocycles. The number of carbonyl (C=O) groups excluding carboxylic acids is 1. The van der Waals surface area contributed by atoms with E-state index in [2.05, 4.69) is 24.0 Å². The van der Waals surface area contributed by atoms with Crippen molar-refractivity contribution in [2.24, 2.45) is 0 Å². The number of hydrogen-bond donors (Lipinski definition) is 0. The second kappa shape index (κ2) is 9.99. The van der Waals surface area contributed by atoms with Crippen molar-refractivity contribution in [3.8, 4) is 17.2 Å². The predicted octanol–water partition coefficient (Wildman–Crippen LogP) is 3.60. The monoisotopic (exact) mass is 387 g/mol. The molecule has 6 nitrogen and oxygen atoms in total. The summed E-state index contributed by atoms with van der Waals surface area (Å²) in [5, 5.41) is 0. The van der Waals surface area contributed by atoms with Gasteiger partial charge in [0.15, 0.2) is 11.5 Å². The molecule has 0 aliphatic carbocycles. The fourth-order valence-corrected chi connectivity index (χ4v) is 3.02. The average molecular weight is 387 g/mol. The van der Waals surface area contributed by atoms with Gasteiger partial charge in [-0.05, 0) is 38.7 Å². The van der Waals surface area contributed by atoms with E-state index in [0.29, 0.717) is 22.8 Å². The van der Waals surface area contributed by atoms with Gasteiger partial charge in [-0.25, -0.2) is 4.79 Å². The first-order valence-corrected chi connectivity index (χ1v) is 9.11. The quantitative estimate of drug-likeness (QED) is 0.613. The second-order valence-corrected chi connectivity index (χ2v) is 6.73. The predicted molar refractivity (Wildman–Crippen MR) is 109 cm³/mol. The molecule has 0 fully saturated rings. The summed E-state index contributed by atoms with van der Waals surface area (Å²) in [6, 6.07) is 13.4. The number of methoxy groups -OCH3 is 3. The minimum atomic E-state index is -0.439. The lowest BCUT2D eigenvalue weighted by atomic mass is 9.92. The van der Waals surface area contributed by atoms with Crippen molar-refractivity contribution in [2.45, 2.75) is 18.9 Å². The summed E-state index contributed by atoms with van der Waals surface area (Å²) in [5.41, 5.74) is 1.47. The van der Waals surface area contributed by atoms with E-state index < -0.39 is 5.97 Å². The molecule has 0 bridgehead atoms. The van der Waals surface area contributed by atoms with Crippen LogP contribution in [0.15, 0.2) is 42.5 Å². The maximum atomic E-state index is 12.7. The number of ether oxygens (including phenoxy) is 4. The van der Waals surface area contributed by atoms with Gasteiger partial charge in [-0.1, -0.05) is 30.3 Å². The Labute approximate surface area is 167 Å². The van der Waals surface area contributed by atoms with Crippen LogP contribution >= 0.6 is 0 Å². The Hall–Kier alpha value is -2.73. The molecule has 2 aromatic rings. The lowest BCUT2D eigenvalue weighted by molar-refractivity contribution is 0.0441. The zero-order valence-electron chi connectivity index (χ0n) is 17.4. The molecule has 0 amide bonds. The van der Waals surface area contributed by atoms with Crippen LogP contribution in [0.25, 0.3) is 0 Å². The van der Waals surface area contributed by atoms with Gasteiger partial charge in [0.2, 0.25) is 5.75 Å². The molecule has 0 N–H and O–H groups in total. The average Bonchev–Trinajstić information content (AvgIpc) is 2.72. The first kappa shape index (κ1) is 21.6. The van der Waals surface area contributed by atoms with Crippen molar-refractivity contribution in [1.29, 1.82) is 0 Å². The van der Waals surface area contributed by atoms with Crippen LogP contribution in [0.2, 0.25) is 0 Å². The van der Waals surface area contributed by atoms with E-state index in [4.69, 9.17) is 18.9 Å². The number of likely N-dealkylation sites (N-methyl/N-ethyl adjacent to an activating group) is 1. The highest BCUT2D eigenvalue weighted by Gasteiger charge is 2.24. The van der Waals surface area contributed by atoms with Crippen molar-refractivity contribution in [3.05, 3.63) is 53.6 Å². The molecule has 6 heteroatoms. The van der Waals surface area contributed by atoms with Crippen LogP contribution in [0, 0.1) is 0 Å². The van der Waals surface area contributed by atoms with E-state index in [1.807, 2.05) is 32.3 Å². The van der Waals surface area contributed by atoms with Crippen LogP contribution in [-0.4, -0.2) is 58.9 Å². The van der Waals surface area contributed by atoms with Gasteiger partial charge in [-0.2, -0.15) is 0 Å². The molecule has 2 atom stereocenters. The Morgan fingerprint density at radius 3 is 2.00 bits per heavy atom. The molecular formula is C22H29NO5. The summed E-state index contributed by atoms with van der Waals surface area (Å²) >= 11 is 0. The van der Waals surface area contributed by atoms with Gasteiger partial charge in [-0.15, -0.1) is 0 Å². The van der Waals surface area contributed by atoms with Gasteiger partial charge < -0.3 is 23.8 Å². The fraction of sp³-hybridized carbons (Fsp3) is 0.409. The highest BCUT2D eigenvalue weighted by molar-refractivity contribution is 5.91. The zero-order valence-corrected chi connectivity index (χ0v) is 17.4. The van der Waals surface area contributed by atoms with Crippen molar-refractivity contribution in [1.82, 2.24) is 4.90 Å². The Balaban J connectivity index is 2.23. The Morgan fingerprint density at radius 1 is 0.964 bits per heavy atom. The molecule has 2 rings (SSSR count). The van der Waals surface area contributed by atoms with E-state index in [1.165, 1.54) is 21.3 Å². The summed E-state index contributed by atoms with van der Waals surface area (Å²) in [4.78, 5) is 14.8. The number of carbonyl (C=O) groups is 1. The van der Waals surface area contributed by atoms with E-state index >= 15 is 0 Å². The van der Waals surface area contributed by atoms with Crippen molar-refractivity contribution < 1.29 is 23.7 Å². The molecule has 0 aromatic heterocycles. The van der Waals surface area contributed by atoms with Crippen LogP contribution in [0.4, 0.5) is 0 Å². The van der Waals surface area contributed by atoms with Gasteiger partial charge in [0.1, 0.15) is 0 Å². The molecule has 2 unspecified atom stereocenters. The lowest BCUT2D eigenvalue weighted by Gasteiger charge is -2.29. The first-order valence-electron chi connectivity index (χ1n) is 9.11. The topological polar surface area (TPSA) is 57.2 Å². The van der Waals surface area contributed by atoms with E-state index in [0.717, 1.165) is 5.56 Å². The molecule has 28 heavy (non-hydrogen) atoms. The molecule has 0 radical (unpaired) electrons. The lowest BCUT2D eigenvalue weighted by Crippen LogP contribution is -2.34. The number of nitrogens with zero attached hydrogens (tertiary/aromatic N) is 1. The third-order valence-corrected chi connectivity index (χ3v) is 4.92. The Morgan fingerprint density at radius 2 is 1.54 bits per heavy atom. The third-order valence-electron chi connectivity index (χ3n) is 4.92. The number of benzene rings is 2. The van der Waals surface area contributed by atoms with E-state index in [-0.39, 0.29) is 18.6 Å². The van der Waals surface area contributed by atoms with Crippen LogP contribution < -0.4 is 14.2 Å². The highest BCUT2D eigenvalue weighted by atomic mass is 16.5. The van der Waals surface area contributed by atoms with Crippen molar-refractivity contribution in [3.63, 3.8) is 0 Å². The standard InChI is InChI=1S/C22H29NO5/c1-15(23(2)3)18(16-10-8-7-9-11-16)14-28-22(24)17-12-19(25-4)21(27-6)20(13-17)26-5/h7-13,15,18H,14H2,1-6H3. The fourth-order valence-electron chi connectivity index (χ4n) is 3.02. The van der Waals surface area contributed by atoms with Gasteiger partial charge in [-0.3, -0.25) is 0 Å². The minimum absolute atomic E-state index is 0.0437. The van der Waals surface area contributed by atoms with Gasteiger partial charge in [0.05, 0.1) is 33.5 Å². The Kier molecular flexibility index (Phi) is 7.70. The normalized spacial score (nSPS) is 13.0. The van der Waals surface area contributed by atoms with Crippen LogP contribution in [0.5, 0.6) is 17.2 Å². The molecule has 2 aromatic carbocycles. The maximum Gasteiger partial charge on any atom is 0.338 e. The number of rotatable bonds is 9. The summed E-state index contributed by atoms with van der Waals surface area (Å²) in [6.07, 6.45) is 0. The van der Waals surface area contributed by atoms with Crippen molar-refractivity contribution >= 4 is 5.97 Å².